The van der Waals surface area contributed by atoms with E-state index in [-0.39, 0.29) is 17.8 Å². The number of imidazole rings is 1. The van der Waals surface area contributed by atoms with E-state index in [9.17, 15) is 10.1 Å². The van der Waals surface area contributed by atoms with Gasteiger partial charge in [-0.05, 0) is 44.4 Å². The van der Waals surface area contributed by atoms with Crippen molar-refractivity contribution in [3.8, 4) is 11.8 Å². The molecule has 0 spiro atoms. The van der Waals surface area contributed by atoms with E-state index in [4.69, 9.17) is 9.47 Å². The van der Waals surface area contributed by atoms with Crippen LogP contribution in [0.25, 0.3) is 11.0 Å². The van der Waals surface area contributed by atoms with Crippen LogP contribution in [0.15, 0.2) is 23.4 Å². The molecule has 1 aliphatic rings. The van der Waals surface area contributed by atoms with Gasteiger partial charge in [-0.1, -0.05) is 11.8 Å². The number of H-pyrrole nitrogens is 1. The number of aromatic nitrogens is 3. The summed E-state index contributed by atoms with van der Waals surface area (Å²) >= 11 is 1.31. The van der Waals surface area contributed by atoms with Crippen LogP contribution in [0.1, 0.15) is 29.7 Å². The van der Waals surface area contributed by atoms with Gasteiger partial charge in [-0.3, -0.25) is 4.79 Å². The van der Waals surface area contributed by atoms with Crippen molar-refractivity contribution in [2.75, 3.05) is 24.8 Å². The lowest BCUT2D eigenvalue weighted by molar-refractivity contribution is -0.113. The summed E-state index contributed by atoms with van der Waals surface area (Å²) in [7, 11) is 1.62. The predicted molar refractivity (Wildman–Crippen MR) is 120 cm³/mol. The maximum absolute atomic E-state index is 12.7. The monoisotopic (exact) mass is 439 g/mol. The average Bonchev–Trinajstić information content (AvgIpc) is 3.48. The number of hydrogen-bond donors (Lipinski definition) is 2. The minimum atomic E-state index is -0.189. The van der Waals surface area contributed by atoms with Crippen molar-refractivity contribution in [1.82, 2.24) is 14.5 Å². The zero-order valence-corrected chi connectivity index (χ0v) is 18.6. The normalized spacial score (nSPS) is 15.9. The predicted octanol–water partition coefficient (Wildman–Crippen LogP) is 3.77. The Kier molecular flexibility index (Phi) is 6.20. The number of nitrogens with zero attached hydrogens (tertiary/aromatic N) is 3. The van der Waals surface area contributed by atoms with Crippen LogP contribution >= 0.6 is 11.8 Å². The Hall–Kier alpha value is -2.96. The van der Waals surface area contributed by atoms with Crippen LogP contribution in [0.4, 0.5) is 5.82 Å². The molecule has 8 nitrogen and oxygen atoms in total. The third-order valence-corrected chi connectivity index (χ3v) is 6.49. The highest BCUT2D eigenvalue weighted by Gasteiger charge is 2.24. The van der Waals surface area contributed by atoms with Gasteiger partial charge in [0.25, 0.3) is 0 Å². The minimum Gasteiger partial charge on any atom is -0.497 e. The van der Waals surface area contributed by atoms with E-state index in [0.717, 1.165) is 47.5 Å². The van der Waals surface area contributed by atoms with Crippen LogP contribution < -0.4 is 10.1 Å². The second-order valence-electron chi connectivity index (χ2n) is 7.55. The fraction of sp³-hybridized carbons (Fsp3) is 0.409. The number of anilines is 1. The molecule has 1 atom stereocenters. The van der Waals surface area contributed by atoms with Gasteiger partial charge < -0.3 is 24.3 Å². The number of ether oxygens (including phenoxy) is 2. The van der Waals surface area contributed by atoms with Crippen molar-refractivity contribution >= 4 is 34.5 Å². The van der Waals surface area contributed by atoms with Crippen LogP contribution in [-0.2, 0) is 16.1 Å². The molecule has 0 aliphatic carbocycles. The number of methoxy groups -OCH3 is 1. The zero-order valence-electron chi connectivity index (χ0n) is 17.8. The number of aromatic amines is 1. The molecule has 2 N–H and O–H groups in total. The van der Waals surface area contributed by atoms with E-state index in [0.29, 0.717) is 23.1 Å². The highest BCUT2D eigenvalue weighted by Crippen LogP contribution is 2.29. The first kappa shape index (κ1) is 21.3. The SMILES string of the molecule is COc1ccc2nc(SCC(=O)Nc3c(C#N)c(C)c(C)n3C[C@@H]3CCCO3)[nH]c2c1. The van der Waals surface area contributed by atoms with Crippen molar-refractivity contribution in [3.05, 3.63) is 35.0 Å². The number of rotatable bonds is 7. The molecule has 1 aliphatic heterocycles. The summed E-state index contributed by atoms with van der Waals surface area (Å²) in [6, 6.07) is 7.83. The number of amides is 1. The molecule has 1 amide bonds. The van der Waals surface area contributed by atoms with Gasteiger partial charge in [-0.25, -0.2) is 4.98 Å². The Morgan fingerprint density at radius 3 is 3.03 bits per heavy atom. The summed E-state index contributed by atoms with van der Waals surface area (Å²) in [5.74, 6) is 1.27. The number of thioether (sulfide) groups is 1. The Morgan fingerprint density at radius 1 is 1.48 bits per heavy atom. The molecule has 9 heteroatoms. The molecule has 0 radical (unpaired) electrons. The fourth-order valence-electron chi connectivity index (χ4n) is 3.81. The molecule has 3 aromatic rings. The Labute approximate surface area is 184 Å². The van der Waals surface area contributed by atoms with E-state index in [1.165, 1.54) is 11.8 Å². The molecule has 0 saturated carbocycles. The summed E-state index contributed by atoms with van der Waals surface area (Å²) in [5, 5.41) is 13.3. The first-order valence-electron chi connectivity index (χ1n) is 10.2. The van der Waals surface area contributed by atoms with Crippen LogP contribution in [0.5, 0.6) is 5.75 Å². The highest BCUT2D eigenvalue weighted by molar-refractivity contribution is 7.99. The van der Waals surface area contributed by atoms with Crippen LogP contribution in [0.2, 0.25) is 0 Å². The van der Waals surface area contributed by atoms with Gasteiger partial charge in [-0.15, -0.1) is 0 Å². The first-order chi connectivity index (χ1) is 15.0. The number of carbonyl (C=O) groups excluding carboxylic acids is 1. The second kappa shape index (κ2) is 9.04. The summed E-state index contributed by atoms with van der Waals surface area (Å²) in [6.45, 7) is 5.27. The van der Waals surface area contributed by atoms with Crippen molar-refractivity contribution in [2.45, 2.75) is 44.5 Å². The molecule has 1 saturated heterocycles. The lowest BCUT2D eigenvalue weighted by atomic mass is 10.2. The van der Waals surface area contributed by atoms with E-state index in [1.807, 2.05) is 36.6 Å². The number of benzene rings is 1. The van der Waals surface area contributed by atoms with Gasteiger partial charge in [0.2, 0.25) is 5.91 Å². The lowest BCUT2D eigenvalue weighted by Gasteiger charge is -2.16. The smallest absolute Gasteiger partial charge is 0.235 e. The van der Waals surface area contributed by atoms with Gasteiger partial charge in [0.1, 0.15) is 17.6 Å². The van der Waals surface area contributed by atoms with E-state index in [2.05, 4.69) is 21.4 Å². The van der Waals surface area contributed by atoms with Crippen molar-refractivity contribution in [3.63, 3.8) is 0 Å². The first-order valence-corrected chi connectivity index (χ1v) is 11.2. The highest BCUT2D eigenvalue weighted by atomic mass is 32.2. The molecule has 4 rings (SSSR count). The molecular formula is C22H25N5O3S. The van der Waals surface area contributed by atoms with Crippen molar-refractivity contribution in [1.29, 1.82) is 5.26 Å². The van der Waals surface area contributed by atoms with Crippen molar-refractivity contribution < 1.29 is 14.3 Å². The Bertz CT molecular complexity index is 1150. The van der Waals surface area contributed by atoms with E-state index >= 15 is 0 Å². The van der Waals surface area contributed by atoms with Gasteiger partial charge in [0.15, 0.2) is 5.16 Å². The molecule has 162 valence electrons. The molecule has 31 heavy (non-hydrogen) atoms. The minimum absolute atomic E-state index is 0.106. The third kappa shape index (κ3) is 4.40. The molecule has 2 aromatic heterocycles. The Morgan fingerprint density at radius 2 is 2.32 bits per heavy atom. The van der Waals surface area contributed by atoms with E-state index < -0.39 is 0 Å². The summed E-state index contributed by atoms with van der Waals surface area (Å²) in [6.07, 6.45) is 2.13. The molecule has 3 heterocycles. The third-order valence-electron chi connectivity index (χ3n) is 5.62. The standard InChI is InChI=1S/C22H25N5O3S/c1-13-14(2)27(11-16-5-4-8-30-16)21(17(13)10-23)26-20(28)12-31-22-24-18-7-6-15(29-3)9-19(18)25-22/h6-7,9,16H,4-5,8,11-12H2,1-3H3,(H,24,25)(H,26,28)/t16-/m0/s1. The lowest BCUT2D eigenvalue weighted by Crippen LogP contribution is -2.22. The van der Waals surface area contributed by atoms with Crippen LogP contribution in [0.3, 0.4) is 0 Å². The Balaban J connectivity index is 1.47. The fourth-order valence-corrected chi connectivity index (χ4v) is 4.50. The summed E-state index contributed by atoms with van der Waals surface area (Å²) < 4.78 is 13.0. The van der Waals surface area contributed by atoms with Crippen molar-refractivity contribution in [2.24, 2.45) is 0 Å². The molecule has 0 unspecified atom stereocenters. The van der Waals surface area contributed by atoms with Crippen LogP contribution in [-0.4, -0.2) is 46.0 Å². The largest absolute Gasteiger partial charge is 0.497 e. The average molecular weight is 440 g/mol. The molecule has 1 aromatic carbocycles. The summed E-state index contributed by atoms with van der Waals surface area (Å²) in [4.78, 5) is 20.4. The quantitative estimate of drug-likeness (QED) is 0.543. The molecule has 1 fully saturated rings. The van der Waals surface area contributed by atoms with Gasteiger partial charge in [-0.2, -0.15) is 5.26 Å². The van der Waals surface area contributed by atoms with Gasteiger partial charge >= 0.3 is 0 Å². The molecule has 0 bridgehead atoms. The van der Waals surface area contributed by atoms with E-state index in [1.54, 1.807) is 7.11 Å². The van der Waals surface area contributed by atoms with Crippen LogP contribution in [0, 0.1) is 25.2 Å². The number of carbonyl (C=O) groups is 1. The maximum atomic E-state index is 12.7. The zero-order chi connectivity index (χ0) is 22.0. The van der Waals surface area contributed by atoms with Gasteiger partial charge in [0, 0.05) is 18.4 Å². The maximum Gasteiger partial charge on any atom is 0.235 e. The number of fused-ring (bicyclic) bond motifs is 1. The number of hydrogen-bond acceptors (Lipinski definition) is 6. The molecular weight excluding hydrogens is 414 g/mol. The summed E-state index contributed by atoms with van der Waals surface area (Å²) in [5.41, 5.74) is 4.03. The number of nitrogens with one attached hydrogen (secondary N) is 2. The van der Waals surface area contributed by atoms with Gasteiger partial charge in [0.05, 0.1) is 42.1 Å². The second-order valence-corrected chi connectivity index (χ2v) is 8.52. The topological polar surface area (TPSA) is 105 Å². The number of nitriles is 1.